The summed E-state index contributed by atoms with van der Waals surface area (Å²) in [4.78, 5) is 15.8. The Hall–Kier alpha value is -8.27. The van der Waals surface area contributed by atoms with Crippen LogP contribution in [0, 0.1) is 0 Å². The fourth-order valence-corrected chi connectivity index (χ4v) is 10.6. The van der Waals surface area contributed by atoms with Gasteiger partial charge in [-0.15, -0.1) is 0 Å². The van der Waals surface area contributed by atoms with Crippen LogP contribution in [0.25, 0.3) is 100 Å². The highest BCUT2D eigenvalue weighted by molar-refractivity contribution is 6.20. The highest BCUT2D eigenvalue weighted by Crippen LogP contribution is 2.64. The highest BCUT2D eigenvalue weighted by Gasteiger charge is 2.52. The van der Waals surface area contributed by atoms with Gasteiger partial charge in [-0.25, -0.2) is 15.0 Å². The van der Waals surface area contributed by atoms with Crippen LogP contribution in [-0.4, -0.2) is 15.0 Å². The lowest BCUT2D eigenvalue weighted by atomic mass is 9.70. The molecule has 2 heterocycles. The third kappa shape index (κ3) is 5.30. The largest absolute Gasteiger partial charge is 0.247 e. The standard InChI is InChI=1S/C60H37N3/c1-3-15-38(16-4-1)39-27-29-41(30-28-39)55-37-54(40-17-5-2-6-18-40)62-59(63-55)43-33-31-42(32-34-43)58-48-35-36-52-57(56(48)47-22-10-14-26-53(47)61-58)46-21-9-13-25-51(46)60(52)49-23-11-7-19-44(49)45-20-8-12-24-50(45)60/h1-37H. The van der Waals surface area contributed by atoms with Crippen LogP contribution < -0.4 is 0 Å². The van der Waals surface area contributed by atoms with Crippen LogP contribution in [0.15, 0.2) is 224 Å². The quantitative estimate of drug-likeness (QED) is 0.163. The molecular weight excluding hydrogens is 763 g/mol. The topological polar surface area (TPSA) is 38.7 Å². The number of para-hydroxylation sites is 1. The van der Waals surface area contributed by atoms with E-state index in [9.17, 15) is 0 Å². The van der Waals surface area contributed by atoms with Crippen molar-refractivity contribution in [2.24, 2.45) is 0 Å². The first-order valence-electron chi connectivity index (χ1n) is 21.6. The molecule has 63 heavy (non-hydrogen) atoms. The van der Waals surface area contributed by atoms with Crippen molar-refractivity contribution >= 4 is 21.7 Å². The number of benzene rings is 9. The minimum atomic E-state index is -0.420. The molecule has 2 aliphatic rings. The van der Waals surface area contributed by atoms with E-state index in [-0.39, 0.29) is 0 Å². The van der Waals surface area contributed by atoms with Crippen molar-refractivity contribution in [3.05, 3.63) is 247 Å². The average Bonchev–Trinajstić information content (AvgIpc) is 3.84. The first-order chi connectivity index (χ1) is 31.2. The normalized spacial score (nSPS) is 12.9. The number of fused-ring (bicyclic) bond motifs is 14. The zero-order chi connectivity index (χ0) is 41.5. The molecular formula is C60H37N3. The Morgan fingerprint density at radius 3 is 1.44 bits per heavy atom. The van der Waals surface area contributed by atoms with Crippen LogP contribution in [0.1, 0.15) is 22.3 Å². The van der Waals surface area contributed by atoms with Crippen molar-refractivity contribution in [1.82, 2.24) is 15.0 Å². The second kappa shape index (κ2) is 13.9. The fraction of sp³-hybridized carbons (Fsp3) is 0.0167. The molecule has 0 saturated heterocycles. The van der Waals surface area contributed by atoms with E-state index in [1.165, 1.54) is 61.0 Å². The van der Waals surface area contributed by atoms with E-state index in [4.69, 9.17) is 15.0 Å². The number of aromatic nitrogens is 3. The number of hydrogen-bond donors (Lipinski definition) is 0. The summed E-state index contributed by atoms with van der Waals surface area (Å²) in [6.45, 7) is 0. The van der Waals surface area contributed by atoms with Gasteiger partial charge >= 0.3 is 0 Å². The third-order valence-corrected chi connectivity index (χ3v) is 13.3. The molecule has 0 atom stereocenters. The van der Waals surface area contributed by atoms with Crippen LogP contribution >= 0.6 is 0 Å². The van der Waals surface area contributed by atoms with Crippen molar-refractivity contribution in [3.63, 3.8) is 0 Å². The predicted molar refractivity (Wildman–Crippen MR) is 258 cm³/mol. The Morgan fingerprint density at radius 2 is 0.778 bits per heavy atom. The summed E-state index contributed by atoms with van der Waals surface area (Å²) in [6, 6.07) is 80.7. The maximum Gasteiger partial charge on any atom is 0.160 e. The number of rotatable bonds is 5. The molecule has 1 spiro atoms. The summed E-state index contributed by atoms with van der Waals surface area (Å²) in [5, 5.41) is 3.53. The van der Waals surface area contributed by atoms with E-state index in [0.29, 0.717) is 5.82 Å². The molecule has 2 aromatic heterocycles. The molecule has 11 aromatic rings. The van der Waals surface area contributed by atoms with E-state index in [2.05, 4.69) is 212 Å². The monoisotopic (exact) mass is 799 g/mol. The summed E-state index contributed by atoms with van der Waals surface area (Å²) in [5.41, 5.74) is 20.3. The van der Waals surface area contributed by atoms with E-state index in [0.717, 1.165) is 55.6 Å². The molecule has 9 aromatic carbocycles. The zero-order valence-corrected chi connectivity index (χ0v) is 34.2. The van der Waals surface area contributed by atoms with E-state index in [1.54, 1.807) is 0 Å². The molecule has 2 aliphatic carbocycles. The Balaban J connectivity index is 0.973. The molecule has 0 saturated carbocycles. The van der Waals surface area contributed by atoms with Gasteiger partial charge in [0.2, 0.25) is 0 Å². The van der Waals surface area contributed by atoms with Crippen molar-refractivity contribution in [1.29, 1.82) is 0 Å². The van der Waals surface area contributed by atoms with E-state index in [1.807, 2.05) is 12.1 Å². The van der Waals surface area contributed by atoms with Crippen LogP contribution in [-0.2, 0) is 5.41 Å². The van der Waals surface area contributed by atoms with Gasteiger partial charge in [-0.2, -0.15) is 0 Å². The van der Waals surface area contributed by atoms with Crippen molar-refractivity contribution < 1.29 is 0 Å². The van der Waals surface area contributed by atoms with Crippen LogP contribution in [0.5, 0.6) is 0 Å². The first kappa shape index (κ1) is 35.5. The van der Waals surface area contributed by atoms with Gasteiger partial charge < -0.3 is 0 Å². The summed E-state index contributed by atoms with van der Waals surface area (Å²) >= 11 is 0. The number of pyridine rings is 1. The molecule has 0 fully saturated rings. The van der Waals surface area contributed by atoms with Crippen LogP contribution in [0.3, 0.4) is 0 Å². The molecule has 13 rings (SSSR count). The minimum absolute atomic E-state index is 0.420. The molecule has 292 valence electrons. The number of hydrogen-bond acceptors (Lipinski definition) is 3. The molecule has 0 amide bonds. The van der Waals surface area contributed by atoms with Gasteiger partial charge in [0.05, 0.1) is 28.0 Å². The SMILES string of the molecule is c1ccc(-c2ccc(-c3cc(-c4ccccc4)nc(-c4ccc(-c5nc6ccccc6c6c7c(ccc56)C5(c6ccccc6-c6ccccc65)c5ccccc5-7)cc4)n3)cc2)cc1. The van der Waals surface area contributed by atoms with Crippen molar-refractivity contribution in [2.45, 2.75) is 5.41 Å². The Labute approximate surface area is 365 Å². The fourth-order valence-electron chi connectivity index (χ4n) is 10.6. The smallest absolute Gasteiger partial charge is 0.160 e. The Kier molecular flexibility index (Phi) is 7.82. The van der Waals surface area contributed by atoms with Gasteiger partial charge in [0.1, 0.15) is 0 Å². The second-order valence-corrected chi connectivity index (χ2v) is 16.6. The lowest BCUT2D eigenvalue weighted by Crippen LogP contribution is -2.25. The molecule has 3 nitrogen and oxygen atoms in total. The van der Waals surface area contributed by atoms with Gasteiger partial charge in [-0.3, -0.25) is 0 Å². The van der Waals surface area contributed by atoms with Gasteiger partial charge in [0.25, 0.3) is 0 Å². The minimum Gasteiger partial charge on any atom is -0.247 e. The lowest BCUT2D eigenvalue weighted by Gasteiger charge is -2.30. The van der Waals surface area contributed by atoms with Crippen molar-refractivity contribution in [2.75, 3.05) is 0 Å². The van der Waals surface area contributed by atoms with Gasteiger partial charge in [0, 0.05) is 38.4 Å². The lowest BCUT2D eigenvalue weighted by molar-refractivity contribution is 0.794. The van der Waals surface area contributed by atoms with Crippen LogP contribution in [0.2, 0.25) is 0 Å². The molecule has 0 bridgehead atoms. The van der Waals surface area contributed by atoms with Crippen LogP contribution in [0.4, 0.5) is 0 Å². The molecule has 0 N–H and O–H groups in total. The van der Waals surface area contributed by atoms with E-state index >= 15 is 0 Å². The Morgan fingerprint density at radius 1 is 0.302 bits per heavy atom. The van der Waals surface area contributed by atoms with Gasteiger partial charge in [-0.05, 0) is 67.8 Å². The molecule has 0 radical (unpaired) electrons. The van der Waals surface area contributed by atoms with E-state index < -0.39 is 5.41 Å². The summed E-state index contributed by atoms with van der Waals surface area (Å²) in [6.07, 6.45) is 0. The predicted octanol–water partition coefficient (Wildman–Crippen LogP) is 14.9. The third-order valence-electron chi connectivity index (χ3n) is 13.3. The molecule has 0 aliphatic heterocycles. The average molecular weight is 800 g/mol. The maximum atomic E-state index is 5.42. The maximum absolute atomic E-state index is 5.42. The zero-order valence-electron chi connectivity index (χ0n) is 34.2. The van der Waals surface area contributed by atoms with Gasteiger partial charge in [-0.1, -0.05) is 212 Å². The van der Waals surface area contributed by atoms with Gasteiger partial charge in [0.15, 0.2) is 5.82 Å². The number of nitrogens with zero attached hydrogens (tertiary/aromatic N) is 3. The summed E-state index contributed by atoms with van der Waals surface area (Å²) in [7, 11) is 0. The summed E-state index contributed by atoms with van der Waals surface area (Å²) < 4.78 is 0. The second-order valence-electron chi connectivity index (χ2n) is 16.6. The molecule has 0 unspecified atom stereocenters. The first-order valence-corrected chi connectivity index (χ1v) is 21.6. The highest BCUT2D eigenvalue weighted by atomic mass is 14.9. The summed E-state index contributed by atoms with van der Waals surface area (Å²) in [5.74, 6) is 0.679. The van der Waals surface area contributed by atoms with Crippen molar-refractivity contribution in [3.8, 4) is 78.5 Å². The Bertz CT molecular complexity index is 3550. The molecule has 3 heteroatoms.